The van der Waals surface area contributed by atoms with E-state index >= 15 is 0 Å². The molecular formula is C12H22BNO5. The van der Waals surface area contributed by atoms with Gasteiger partial charge in [-0.15, -0.1) is 0 Å². The number of carboxylic acids is 1. The van der Waals surface area contributed by atoms with Gasteiger partial charge >= 0.3 is 13.1 Å². The SMILES string of the molecule is CCCC(=O)N1CC(CCCB(O)O)C(C(=O)O)C1. The van der Waals surface area contributed by atoms with Gasteiger partial charge < -0.3 is 20.1 Å². The van der Waals surface area contributed by atoms with Crippen LogP contribution in [0.5, 0.6) is 0 Å². The summed E-state index contributed by atoms with van der Waals surface area (Å²) in [6.07, 6.45) is 2.61. The van der Waals surface area contributed by atoms with E-state index in [9.17, 15) is 14.7 Å². The fourth-order valence-electron chi connectivity index (χ4n) is 2.58. The molecule has 1 aliphatic rings. The van der Waals surface area contributed by atoms with Crippen molar-refractivity contribution in [3.63, 3.8) is 0 Å². The van der Waals surface area contributed by atoms with E-state index in [1.807, 2.05) is 6.92 Å². The zero-order valence-electron chi connectivity index (χ0n) is 11.3. The topological polar surface area (TPSA) is 98.1 Å². The number of hydrogen-bond acceptors (Lipinski definition) is 4. The van der Waals surface area contributed by atoms with E-state index in [4.69, 9.17) is 10.0 Å². The molecule has 7 heteroatoms. The largest absolute Gasteiger partial charge is 0.481 e. The number of aliphatic carboxylic acids is 1. The number of carbonyl (C=O) groups excluding carboxylic acids is 1. The maximum atomic E-state index is 11.8. The summed E-state index contributed by atoms with van der Waals surface area (Å²) in [7, 11) is -1.34. The van der Waals surface area contributed by atoms with Crippen molar-refractivity contribution in [1.82, 2.24) is 4.90 Å². The molecule has 1 heterocycles. The highest BCUT2D eigenvalue weighted by molar-refractivity contribution is 6.40. The third-order valence-corrected chi connectivity index (χ3v) is 3.61. The number of rotatable bonds is 7. The van der Waals surface area contributed by atoms with Gasteiger partial charge in [0.1, 0.15) is 0 Å². The first kappa shape index (κ1) is 16.0. The second-order valence-corrected chi connectivity index (χ2v) is 5.17. The van der Waals surface area contributed by atoms with Crippen molar-refractivity contribution in [2.24, 2.45) is 11.8 Å². The van der Waals surface area contributed by atoms with Gasteiger partial charge in [0, 0.05) is 19.5 Å². The van der Waals surface area contributed by atoms with Gasteiger partial charge in [0.25, 0.3) is 0 Å². The van der Waals surface area contributed by atoms with E-state index in [1.165, 1.54) is 0 Å². The molecule has 0 spiro atoms. The second-order valence-electron chi connectivity index (χ2n) is 5.17. The summed E-state index contributed by atoms with van der Waals surface area (Å²) in [5.41, 5.74) is 0. The standard InChI is InChI=1S/C12H22BNO5/c1-2-4-11(15)14-7-9(5-3-6-13(18)19)10(8-14)12(16)17/h9-10,18-19H,2-8H2,1H3,(H,16,17). The molecule has 19 heavy (non-hydrogen) atoms. The molecule has 1 fully saturated rings. The predicted octanol–water partition coefficient (Wildman–Crippen LogP) is 0.199. The first-order valence-corrected chi connectivity index (χ1v) is 6.82. The van der Waals surface area contributed by atoms with Gasteiger partial charge in [-0.1, -0.05) is 13.3 Å². The van der Waals surface area contributed by atoms with Crippen LogP contribution >= 0.6 is 0 Å². The van der Waals surface area contributed by atoms with Gasteiger partial charge in [0.15, 0.2) is 0 Å². The average molecular weight is 271 g/mol. The Bertz CT molecular complexity index is 323. The quantitative estimate of drug-likeness (QED) is 0.574. The highest BCUT2D eigenvalue weighted by Gasteiger charge is 2.38. The first-order chi connectivity index (χ1) is 8.95. The molecule has 0 aromatic heterocycles. The molecule has 1 amide bonds. The van der Waals surface area contributed by atoms with Crippen molar-refractivity contribution < 1.29 is 24.7 Å². The number of carboxylic acid groups (broad SMARTS) is 1. The predicted molar refractivity (Wildman–Crippen MR) is 70.3 cm³/mol. The molecule has 1 rings (SSSR count). The lowest BCUT2D eigenvalue weighted by atomic mass is 9.80. The third kappa shape index (κ3) is 4.83. The van der Waals surface area contributed by atoms with Crippen LogP contribution in [0.3, 0.4) is 0 Å². The van der Waals surface area contributed by atoms with Gasteiger partial charge in [-0.05, 0) is 25.1 Å². The number of likely N-dealkylation sites (tertiary alicyclic amines) is 1. The fourth-order valence-corrected chi connectivity index (χ4v) is 2.58. The molecule has 1 saturated heterocycles. The summed E-state index contributed by atoms with van der Waals surface area (Å²) < 4.78 is 0. The van der Waals surface area contributed by atoms with Gasteiger partial charge in [-0.25, -0.2) is 0 Å². The minimum atomic E-state index is -1.34. The van der Waals surface area contributed by atoms with Crippen molar-refractivity contribution in [2.75, 3.05) is 13.1 Å². The molecule has 108 valence electrons. The lowest BCUT2D eigenvalue weighted by Gasteiger charge is -2.15. The molecule has 6 nitrogen and oxygen atoms in total. The monoisotopic (exact) mass is 271 g/mol. The van der Waals surface area contributed by atoms with Gasteiger partial charge in [-0.3, -0.25) is 9.59 Å². The number of hydrogen-bond donors (Lipinski definition) is 3. The summed E-state index contributed by atoms with van der Waals surface area (Å²) in [4.78, 5) is 24.6. The fraction of sp³-hybridized carbons (Fsp3) is 0.833. The van der Waals surface area contributed by atoms with Gasteiger partial charge in [0.2, 0.25) is 5.91 Å². The first-order valence-electron chi connectivity index (χ1n) is 6.82. The normalized spacial score (nSPS) is 22.6. The summed E-state index contributed by atoms with van der Waals surface area (Å²) in [5.74, 6) is -1.48. The zero-order valence-corrected chi connectivity index (χ0v) is 11.3. The van der Waals surface area contributed by atoms with E-state index in [2.05, 4.69) is 0 Å². The van der Waals surface area contributed by atoms with E-state index in [0.29, 0.717) is 25.8 Å². The lowest BCUT2D eigenvalue weighted by Crippen LogP contribution is -2.29. The maximum Gasteiger partial charge on any atom is 0.451 e. The minimum absolute atomic E-state index is 0.0124. The molecule has 2 unspecified atom stereocenters. The molecule has 0 bridgehead atoms. The molecule has 1 aliphatic heterocycles. The van der Waals surface area contributed by atoms with Crippen LogP contribution in [0.1, 0.15) is 32.6 Å². The van der Waals surface area contributed by atoms with Crippen LogP contribution in [0.25, 0.3) is 0 Å². The van der Waals surface area contributed by atoms with Crippen molar-refractivity contribution in [3.8, 4) is 0 Å². The number of carbonyl (C=O) groups is 2. The molecule has 0 aromatic rings. The second kappa shape index (κ2) is 7.50. The van der Waals surface area contributed by atoms with E-state index in [-0.39, 0.29) is 24.7 Å². The van der Waals surface area contributed by atoms with Crippen molar-refractivity contribution in [2.45, 2.75) is 38.9 Å². The summed E-state index contributed by atoms with van der Waals surface area (Å²) >= 11 is 0. The van der Waals surface area contributed by atoms with Crippen molar-refractivity contribution in [1.29, 1.82) is 0 Å². The van der Waals surface area contributed by atoms with Crippen LogP contribution in [0.2, 0.25) is 6.32 Å². The average Bonchev–Trinajstić information content (AvgIpc) is 2.73. The molecule has 0 aliphatic carbocycles. The van der Waals surface area contributed by atoms with Crippen molar-refractivity contribution >= 4 is 19.0 Å². The van der Waals surface area contributed by atoms with Crippen LogP contribution in [-0.4, -0.2) is 52.1 Å². The van der Waals surface area contributed by atoms with Gasteiger partial charge in [-0.2, -0.15) is 0 Å². The Kier molecular flexibility index (Phi) is 6.31. The summed E-state index contributed by atoms with van der Waals surface area (Å²) in [6.45, 7) is 2.67. The van der Waals surface area contributed by atoms with Crippen molar-refractivity contribution in [3.05, 3.63) is 0 Å². The smallest absolute Gasteiger partial charge is 0.451 e. The van der Waals surface area contributed by atoms with Gasteiger partial charge in [0.05, 0.1) is 5.92 Å². The molecule has 0 saturated carbocycles. The Hall–Kier alpha value is -1.08. The van der Waals surface area contributed by atoms with Crippen LogP contribution < -0.4 is 0 Å². The molecule has 2 atom stereocenters. The lowest BCUT2D eigenvalue weighted by molar-refractivity contribution is -0.142. The highest BCUT2D eigenvalue weighted by atomic mass is 16.4. The Labute approximate surface area is 113 Å². The maximum absolute atomic E-state index is 11.8. The van der Waals surface area contributed by atoms with E-state index < -0.39 is 19.0 Å². The Balaban J connectivity index is 2.53. The highest BCUT2D eigenvalue weighted by Crippen LogP contribution is 2.29. The third-order valence-electron chi connectivity index (χ3n) is 3.61. The zero-order chi connectivity index (χ0) is 14.4. The van der Waals surface area contributed by atoms with Crippen LogP contribution in [-0.2, 0) is 9.59 Å². The van der Waals surface area contributed by atoms with Crippen LogP contribution in [0.15, 0.2) is 0 Å². The summed E-state index contributed by atoms with van der Waals surface area (Å²) in [6, 6.07) is 0. The molecule has 0 aromatic carbocycles. The Morgan fingerprint density at radius 2 is 2.00 bits per heavy atom. The molecule has 0 radical (unpaired) electrons. The van der Waals surface area contributed by atoms with E-state index in [0.717, 1.165) is 6.42 Å². The Morgan fingerprint density at radius 3 is 2.53 bits per heavy atom. The Morgan fingerprint density at radius 1 is 1.32 bits per heavy atom. The molecular weight excluding hydrogens is 249 g/mol. The minimum Gasteiger partial charge on any atom is -0.481 e. The molecule has 3 N–H and O–H groups in total. The van der Waals surface area contributed by atoms with Crippen LogP contribution in [0, 0.1) is 11.8 Å². The van der Waals surface area contributed by atoms with E-state index in [1.54, 1.807) is 4.90 Å². The summed E-state index contributed by atoms with van der Waals surface area (Å²) in [5, 5.41) is 26.8. The number of amides is 1. The number of nitrogens with zero attached hydrogens (tertiary/aromatic N) is 1. The van der Waals surface area contributed by atoms with Crippen LogP contribution in [0.4, 0.5) is 0 Å².